The summed E-state index contributed by atoms with van der Waals surface area (Å²) in [5, 5.41) is 34.2. The lowest BCUT2D eigenvalue weighted by molar-refractivity contribution is -0.107. The van der Waals surface area contributed by atoms with Crippen molar-refractivity contribution in [1.29, 1.82) is 0 Å². The summed E-state index contributed by atoms with van der Waals surface area (Å²) in [7, 11) is 1.50. The Bertz CT molecular complexity index is 1380. The molecular weight excluding hydrogens is 528 g/mol. The van der Waals surface area contributed by atoms with Crippen LogP contribution in [0, 0.1) is 6.92 Å². The van der Waals surface area contributed by atoms with Gasteiger partial charge in [0, 0.05) is 7.11 Å². The van der Waals surface area contributed by atoms with Crippen molar-refractivity contribution in [1.82, 2.24) is 0 Å². The number of fused-ring (bicyclic) bond motifs is 2. The van der Waals surface area contributed by atoms with E-state index in [1.807, 2.05) is 54.6 Å². The van der Waals surface area contributed by atoms with Gasteiger partial charge in [-0.3, -0.25) is 0 Å². The standard InChI is InChI=1S/C32H38O9/c1-22-3-4-23-5-8-30(12-25(23)11-22)40-19-29(35)20-41-32-10-7-24-6-9-31(13-26(24)14-32)39-18-28(34)17-38-21-37-16-27(33)15-36-2/h3-14,27-29,33-35H,15-21H2,1-2H3. The molecule has 0 fully saturated rings. The van der Waals surface area contributed by atoms with E-state index in [9.17, 15) is 15.3 Å². The molecule has 0 saturated carbocycles. The Morgan fingerprint density at radius 3 is 1.41 bits per heavy atom. The molecule has 4 rings (SSSR count). The maximum absolute atomic E-state index is 10.4. The minimum absolute atomic E-state index is 0.0263. The van der Waals surface area contributed by atoms with Crippen molar-refractivity contribution in [2.45, 2.75) is 25.2 Å². The van der Waals surface area contributed by atoms with E-state index >= 15 is 0 Å². The highest BCUT2D eigenvalue weighted by Gasteiger charge is 2.10. The highest BCUT2D eigenvalue weighted by Crippen LogP contribution is 2.26. The molecule has 0 aliphatic heterocycles. The summed E-state index contributed by atoms with van der Waals surface area (Å²) in [4.78, 5) is 0. The molecule has 0 heterocycles. The summed E-state index contributed by atoms with van der Waals surface area (Å²) >= 11 is 0. The smallest absolute Gasteiger partial charge is 0.146 e. The molecule has 0 radical (unpaired) electrons. The first-order valence-corrected chi connectivity index (χ1v) is 13.5. The molecule has 4 aromatic carbocycles. The molecule has 3 N–H and O–H groups in total. The highest BCUT2D eigenvalue weighted by molar-refractivity contribution is 5.85. The second kappa shape index (κ2) is 15.5. The number of benzene rings is 4. The third-order valence-corrected chi connectivity index (χ3v) is 6.22. The predicted octanol–water partition coefficient (Wildman–Crippen LogP) is 3.86. The Morgan fingerprint density at radius 2 is 0.927 bits per heavy atom. The summed E-state index contributed by atoms with van der Waals surface area (Å²) in [6, 6.07) is 23.4. The molecule has 41 heavy (non-hydrogen) atoms. The number of aliphatic hydroxyl groups excluding tert-OH is 3. The number of methoxy groups -OCH3 is 1. The van der Waals surface area contributed by atoms with Crippen LogP contribution in [0.5, 0.6) is 17.2 Å². The third kappa shape index (κ3) is 9.86. The van der Waals surface area contributed by atoms with Crippen LogP contribution >= 0.6 is 0 Å². The van der Waals surface area contributed by atoms with Gasteiger partial charge in [0.1, 0.15) is 62.2 Å². The van der Waals surface area contributed by atoms with E-state index in [0.29, 0.717) is 17.2 Å². The zero-order chi connectivity index (χ0) is 29.0. The van der Waals surface area contributed by atoms with E-state index < -0.39 is 18.3 Å². The van der Waals surface area contributed by atoms with E-state index in [4.69, 9.17) is 28.4 Å². The first kappa shape index (κ1) is 30.5. The van der Waals surface area contributed by atoms with Crippen molar-refractivity contribution in [3.8, 4) is 17.2 Å². The van der Waals surface area contributed by atoms with Crippen LogP contribution in [-0.2, 0) is 14.2 Å². The van der Waals surface area contributed by atoms with Crippen molar-refractivity contribution in [3.05, 3.63) is 78.4 Å². The lowest BCUT2D eigenvalue weighted by Crippen LogP contribution is -2.25. The minimum Gasteiger partial charge on any atom is -0.491 e. The lowest BCUT2D eigenvalue weighted by Gasteiger charge is -2.15. The summed E-state index contributed by atoms with van der Waals surface area (Å²) < 4.78 is 32.6. The van der Waals surface area contributed by atoms with Crippen molar-refractivity contribution in [2.24, 2.45) is 0 Å². The average Bonchev–Trinajstić information content (AvgIpc) is 2.97. The van der Waals surface area contributed by atoms with Gasteiger partial charge >= 0.3 is 0 Å². The molecule has 9 nitrogen and oxygen atoms in total. The van der Waals surface area contributed by atoms with Crippen LogP contribution in [0.2, 0.25) is 0 Å². The van der Waals surface area contributed by atoms with Gasteiger partial charge in [-0.1, -0.05) is 42.0 Å². The Hall–Kier alpha value is -3.44. The molecule has 4 aromatic rings. The topological polar surface area (TPSA) is 116 Å². The van der Waals surface area contributed by atoms with Gasteiger partial charge in [-0.2, -0.15) is 0 Å². The molecule has 0 aliphatic rings. The Labute approximate surface area is 239 Å². The summed E-state index contributed by atoms with van der Waals surface area (Å²) in [5.74, 6) is 1.90. The number of rotatable bonds is 17. The number of hydrogen-bond donors (Lipinski definition) is 3. The number of ether oxygens (including phenoxy) is 6. The first-order chi connectivity index (χ1) is 19.9. The maximum Gasteiger partial charge on any atom is 0.146 e. The van der Waals surface area contributed by atoms with Gasteiger partial charge in [0.15, 0.2) is 0 Å². The second-order valence-electron chi connectivity index (χ2n) is 9.89. The SMILES string of the molecule is COCC(O)COCOCC(O)COc1ccc2ccc(OCC(O)COc3ccc4ccc(C)cc4c3)cc2c1. The molecular formula is C32H38O9. The van der Waals surface area contributed by atoms with Gasteiger partial charge in [-0.15, -0.1) is 0 Å². The van der Waals surface area contributed by atoms with Crippen LogP contribution < -0.4 is 14.2 Å². The Kier molecular flexibility index (Phi) is 11.6. The molecule has 0 bridgehead atoms. The van der Waals surface area contributed by atoms with Gasteiger partial charge < -0.3 is 43.7 Å². The molecule has 220 valence electrons. The summed E-state index contributed by atoms with van der Waals surface area (Å²) in [6.45, 7) is 2.51. The molecule has 0 amide bonds. The number of aliphatic hydroxyl groups is 3. The number of hydrogen-bond acceptors (Lipinski definition) is 9. The van der Waals surface area contributed by atoms with E-state index in [2.05, 4.69) is 25.1 Å². The van der Waals surface area contributed by atoms with Crippen LogP contribution in [0.4, 0.5) is 0 Å². The van der Waals surface area contributed by atoms with Gasteiger partial charge in [0.25, 0.3) is 0 Å². The monoisotopic (exact) mass is 566 g/mol. The molecule has 3 atom stereocenters. The van der Waals surface area contributed by atoms with E-state index in [1.165, 1.54) is 12.7 Å². The van der Waals surface area contributed by atoms with Crippen molar-refractivity contribution in [3.63, 3.8) is 0 Å². The molecule has 3 unspecified atom stereocenters. The zero-order valence-corrected chi connectivity index (χ0v) is 23.4. The lowest BCUT2D eigenvalue weighted by atomic mass is 10.1. The van der Waals surface area contributed by atoms with Crippen molar-refractivity contribution < 1.29 is 43.7 Å². The maximum atomic E-state index is 10.4. The first-order valence-electron chi connectivity index (χ1n) is 13.5. The Balaban J connectivity index is 1.20. The van der Waals surface area contributed by atoms with E-state index in [-0.39, 0.29) is 46.4 Å². The van der Waals surface area contributed by atoms with Crippen LogP contribution in [0.1, 0.15) is 5.56 Å². The predicted molar refractivity (Wildman–Crippen MR) is 156 cm³/mol. The van der Waals surface area contributed by atoms with Crippen LogP contribution in [0.3, 0.4) is 0 Å². The van der Waals surface area contributed by atoms with Gasteiger partial charge in [0.2, 0.25) is 0 Å². The normalized spacial score (nSPS) is 13.7. The van der Waals surface area contributed by atoms with Crippen LogP contribution in [-0.4, -0.2) is 87.2 Å². The Morgan fingerprint density at radius 1 is 0.512 bits per heavy atom. The van der Waals surface area contributed by atoms with E-state index in [0.717, 1.165) is 21.5 Å². The molecule has 0 saturated heterocycles. The largest absolute Gasteiger partial charge is 0.491 e. The fraction of sp³-hybridized carbons (Fsp3) is 0.375. The fourth-order valence-corrected chi connectivity index (χ4v) is 4.16. The molecule has 0 aromatic heterocycles. The van der Waals surface area contributed by atoms with Gasteiger partial charge in [-0.05, 0) is 64.9 Å². The third-order valence-electron chi connectivity index (χ3n) is 6.22. The van der Waals surface area contributed by atoms with Crippen LogP contribution in [0.15, 0.2) is 72.8 Å². The molecule has 9 heteroatoms. The van der Waals surface area contributed by atoms with Crippen LogP contribution in [0.25, 0.3) is 21.5 Å². The summed E-state index contributed by atoms with van der Waals surface area (Å²) in [6.07, 6.45) is -2.38. The quantitative estimate of drug-likeness (QED) is 0.129. The second-order valence-corrected chi connectivity index (χ2v) is 9.89. The van der Waals surface area contributed by atoms with Crippen molar-refractivity contribution >= 4 is 21.5 Å². The number of aryl methyl sites for hydroxylation is 1. The molecule has 0 aliphatic carbocycles. The van der Waals surface area contributed by atoms with Crippen molar-refractivity contribution in [2.75, 3.05) is 53.5 Å². The minimum atomic E-state index is -0.852. The van der Waals surface area contributed by atoms with Gasteiger partial charge in [0.05, 0.1) is 19.8 Å². The summed E-state index contributed by atoms with van der Waals surface area (Å²) in [5.41, 5.74) is 1.18. The average molecular weight is 567 g/mol. The van der Waals surface area contributed by atoms with E-state index in [1.54, 1.807) is 0 Å². The fourth-order valence-electron chi connectivity index (χ4n) is 4.16. The zero-order valence-electron chi connectivity index (χ0n) is 23.4. The molecule has 0 spiro atoms. The van der Waals surface area contributed by atoms with Gasteiger partial charge in [-0.25, -0.2) is 0 Å². The highest BCUT2D eigenvalue weighted by atomic mass is 16.7.